The quantitative estimate of drug-likeness (QED) is 0.245. The number of aromatic nitrogens is 2. The lowest BCUT2D eigenvalue weighted by Gasteiger charge is -2.31. The lowest BCUT2D eigenvalue weighted by molar-refractivity contribution is 0.0952. The molecule has 1 saturated heterocycles. The minimum absolute atomic E-state index is 0.0154. The Bertz CT molecular complexity index is 1530. The molecule has 3 heterocycles. The number of thiazole rings is 1. The lowest BCUT2D eigenvalue weighted by atomic mass is 9.97. The largest absolute Gasteiger partial charge is 0.348 e. The van der Waals surface area contributed by atoms with Gasteiger partial charge in [-0.2, -0.15) is 0 Å². The Labute approximate surface area is 228 Å². The van der Waals surface area contributed by atoms with E-state index < -0.39 is 0 Å². The zero-order chi connectivity index (χ0) is 25.9. The molecule has 194 valence electrons. The van der Waals surface area contributed by atoms with Gasteiger partial charge in [-0.3, -0.25) is 4.79 Å². The van der Waals surface area contributed by atoms with E-state index in [0.717, 1.165) is 60.1 Å². The van der Waals surface area contributed by atoms with Gasteiger partial charge >= 0.3 is 0 Å². The Kier molecular flexibility index (Phi) is 7.25. The molecule has 0 atom stereocenters. The van der Waals surface area contributed by atoms with Crippen LogP contribution in [0.5, 0.6) is 0 Å². The number of hydrogen-bond acceptors (Lipinski definition) is 4. The molecular formula is C32H34N4OS. The fourth-order valence-electron chi connectivity index (χ4n) is 5.65. The Morgan fingerprint density at radius 3 is 2.66 bits per heavy atom. The van der Waals surface area contributed by atoms with Crippen LogP contribution in [0.25, 0.3) is 21.1 Å². The second-order valence-electron chi connectivity index (χ2n) is 10.4. The van der Waals surface area contributed by atoms with Gasteiger partial charge in [0, 0.05) is 36.1 Å². The van der Waals surface area contributed by atoms with Gasteiger partial charge in [-0.1, -0.05) is 60.2 Å². The number of aryl methyl sites for hydroxylation is 2. The van der Waals surface area contributed by atoms with Crippen LogP contribution in [0, 0.1) is 6.92 Å². The van der Waals surface area contributed by atoms with Crippen molar-refractivity contribution in [3.63, 3.8) is 0 Å². The van der Waals surface area contributed by atoms with E-state index in [4.69, 9.17) is 4.98 Å². The van der Waals surface area contributed by atoms with Crippen molar-refractivity contribution >= 4 is 38.4 Å². The molecule has 1 amide bonds. The molecule has 0 radical (unpaired) electrons. The Morgan fingerprint density at radius 1 is 1.00 bits per heavy atom. The number of carbonyl (C=O) groups excluding carboxylic acids is 1. The molecule has 6 rings (SSSR count). The Hall–Kier alpha value is -3.48. The molecule has 5 aromatic rings. The average molecular weight is 523 g/mol. The summed E-state index contributed by atoms with van der Waals surface area (Å²) in [6.07, 6.45) is 5.46. The summed E-state index contributed by atoms with van der Waals surface area (Å²) in [4.78, 5) is 20.6. The van der Waals surface area contributed by atoms with E-state index in [1.807, 2.05) is 29.7 Å². The van der Waals surface area contributed by atoms with Gasteiger partial charge in [-0.05, 0) is 69.6 Å². The highest BCUT2D eigenvalue weighted by Crippen LogP contribution is 2.33. The first-order valence-electron chi connectivity index (χ1n) is 13.6. The van der Waals surface area contributed by atoms with E-state index >= 15 is 0 Å². The number of amides is 1. The van der Waals surface area contributed by atoms with Crippen molar-refractivity contribution in [1.82, 2.24) is 19.8 Å². The number of nitrogens with zero attached hydrogens (tertiary/aromatic N) is 3. The van der Waals surface area contributed by atoms with E-state index in [0.29, 0.717) is 12.5 Å². The van der Waals surface area contributed by atoms with E-state index in [9.17, 15) is 4.79 Å². The summed E-state index contributed by atoms with van der Waals surface area (Å²) in [6, 6.07) is 25.0. The number of piperidine rings is 1. The molecule has 38 heavy (non-hydrogen) atoms. The first-order valence-corrected chi connectivity index (χ1v) is 14.4. The van der Waals surface area contributed by atoms with E-state index in [1.54, 1.807) is 0 Å². The fraction of sp³-hybridized carbons (Fsp3) is 0.312. The van der Waals surface area contributed by atoms with E-state index in [2.05, 4.69) is 82.4 Å². The number of likely N-dealkylation sites (tertiary alicyclic amines) is 1. The minimum atomic E-state index is -0.0154. The maximum Gasteiger partial charge on any atom is 0.253 e. The number of hydrogen-bond donors (Lipinski definition) is 1. The fourth-order valence-corrected chi connectivity index (χ4v) is 6.78. The molecule has 0 unspecified atom stereocenters. The number of para-hydroxylation sites is 2. The van der Waals surface area contributed by atoms with Crippen LogP contribution >= 0.6 is 11.3 Å². The number of carbonyl (C=O) groups is 1. The van der Waals surface area contributed by atoms with Crippen molar-refractivity contribution in [3.8, 4) is 0 Å². The molecular weight excluding hydrogens is 488 g/mol. The molecule has 0 saturated carbocycles. The van der Waals surface area contributed by atoms with Crippen LogP contribution in [0.15, 0.2) is 79.0 Å². The molecule has 6 heteroatoms. The maximum atomic E-state index is 13.1. The van der Waals surface area contributed by atoms with Crippen molar-refractivity contribution < 1.29 is 4.79 Å². The first kappa shape index (κ1) is 24.8. The normalized spacial score (nSPS) is 14.9. The van der Waals surface area contributed by atoms with Crippen molar-refractivity contribution in [3.05, 3.63) is 101 Å². The first-order chi connectivity index (χ1) is 18.6. The number of fused-ring (bicyclic) bond motifs is 2. The zero-order valence-electron chi connectivity index (χ0n) is 21.9. The third-order valence-corrected chi connectivity index (χ3v) is 8.89. The smallest absolute Gasteiger partial charge is 0.253 e. The Morgan fingerprint density at radius 2 is 1.82 bits per heavy atom. The van der Waals surface area contributed by atoms with Crippen LogP contribution in [-0.2, 0) is 13.1 Å². The lowest BCUT2D eigenvalue weighted by Crippen LogP contribution is -2.34. The second kappa shape index (κ2) is 11.1. The van der Waals surface area contributed by atoms with E-state index in [1.165, 1.54) is 28.1 Å². The van der Waals surface area contributed by atoms with E-state index in [-0.39, 0.29) is 5.91 Å². The predicted octanol–water partition coefficient (Wildman–Crippen LogP) is 6.76. The summed E-state index contributed by atoms with van der Waals surface area (Å²) in [5.74, 6) is 0.566. The number of rotatable bonds is 8. The topological polar surface area (TPSA) is 50.2 Å². The van der Waals surface area contributed by atoms with Crippen LogP contribution in [0.4, 0.5) is 0 Å². The van der Waals surface area contributed by atoms with Gasteiger partial charge in [0.1, 0.15) is 0 Å². The van der Waals surface area contributed by atoms with Gasteiger partial charge in [-0.25, -0.2) is 4.98 Å². The molecule has 0 bridgehead atoms. The molecule has 1 N–H and O–H groups in total. The molecule has 0 spiro atoms. The second-order valence-corrected chi connectivity index (χ2v) is 11.5. The third-order valence-electron chi connectivity index (χ3n) is 7.69. The summed E-state index contributed by atoms with van der Waals surface area (Å²) in [7, 11) is 0. The van der Waals surface area contributed by atoms with Crippen LogP contribution in [0.3, 0.4) is 0 Å². The molecule has 2 aromatic heterocycles. The van der Waals surface area contributed by atoms with Crippen LogP contribution < -0.4 is 5.32 Å². The third kappa shape index (κ3) is 5.38. The highest BCUT2D eigenvalue weighted by Gasteiger charge is 2.23. The van der Waals surface area contributed by atoms with Gasteiger partial charge in [-0.15, -0.1) is 11.3 Å². The summed E-state index contributed by atoms with van der Waals surface area (Å²) in [6.45, 7) is 6.84. The van der Waals surface area contributed by atoms with Crippen molar-refractivity contribution in [2.75, 3.05) is 19.6 Å². The van der Waals surface area contributed by atoms with Gasteiger partial charge in [0.25, 0.3) is 5.91 Å². The summed E-state index contributed by atoms with van der Waals surface area (Å²) in [5.41, 5.74) is 5.34. The highest BCUT2D eigenvalue weighted by atomic mass is 32.1. The number of nitrogens with one attached hydrogen (secondary N) is 1. The van der Waals surface area contributed by atoms with Crippen molar-refractivity contribution in [2.24, 2.45) is 0 Å². The standard InChI is InChI=1S/C32H34N4OS/c1-23-8-6-9-24(20-23)21-33-31(37)27-22-36(29-12-4-2-10-26(27)29)17-7-16-35-18-14-25(15-19-35)32-34-28-11-3-5-13-30(28)38-32/h2-6,8-13,20,22,25H,7,14-19,21H2,1H3,(H,33,37). The predicted molar refractivity (Wildman–Crippen MR) is 157 cm³/mol. The van der Waals surface area contributed by atoms with Crippen LogP contribution in [0.1, 0.15) is 51.7 Å². The van der Waals surface area contributed by atoms with Gasteiger partial charge in [0.2, 0.25) is 0 Å². The molecule has 5 nitrogen and oxygen atoms in total. The van der Waals surface area contributed by atoms with Crippen molar-refractivity contribution in [2.45, 2.75) is 45.2 Å². The van der Waals surface area contributed by atoms with Gasteiger partial charge < -0.3 is 14.8 Å². The maximum absolute atomic E-state index is 13.1. The Balaban J connectivity index is 1.04. The van der Waals surface area contributed by atoms with Crippen LogP contribution in [-0.4, -0.2) is 40.0 Å². The summed E-state index contributed by atoms with van der Waals surface area (Å²) >= 11 is 1.86. The molecule has 1 aliphatic heterocycles. The van der Waals surface area contributed by atoms with Crippen molar-refractivity contribution in [1.29, 1.82) is 0 Å². The summed E-state index contributed by atoms with van der Waals surface area (Å²) in [5, 5.41) is 5.44. The average Bonchev–Trinajstić information content (AvgIpc) is 3.54. The molecule has 1 aliphatic rings. The summed E-state index contributed by atoms with van der Waals surface area (Å²) < 4.78 is 3.55. The van der Waals surface area contributed by atoms with Gasteiger partial charge in [0.15, 0.2) is 0 Å². The number of benzene rings is 3. The highest BCUT2D eigenvalue weighted by molar-refractivity contribution is 7.18. The minimum Gasteiger partial charge on any atom is -0.348 e. The molecule has 1 fully saturated rings. The zero-order valence-corrected chi connectivity index (χ0v) is 22.7. The SMILES string of the molecule is Cc1cccc(CNC(=O)c2cn(CCCN3CCC(c4nc5ccccc5s4)CC3)c3ccccc23)c1. The van der Waals surface area contributed by atoms with Crippen LogP contribution in [0.2, 0.25) is 0 Å². The monoisotopic (exact) mass is 522 g/mol. The van der Waals surface area contributed by atoms with Gasteiger partial charge in [0.05, 0.1) is 20.8 Å². The molecule has 3 aromatic carbocycles. The molecule has 0 aliphatic carbocycles.